The molecule has 3 rings (SSSR count). The van der Waals surface area contributed by atoms with Gasteiger partial charge in [-0.25, -0.2) is 4.39 Å². The second-order valence-electron chi connectivity index (χ2n) is 9.92. The van der Waals surface area contributed by atoms with Crippen molar-refractivity contribution in [3.63, 3.8) is 0 Å². The molecule has 0 radical (unpaired) electrons. The zero-order valence-corrected chi connectivity index (χ0v) is 26.0. The highest BCUT2D eigenvalue weighted by Crippen LogP contribution is 2.37. The van der Waals surface area contributed by atoms with Gasteiger partial charge in [0.1, 0.15) is 5.75 Å². The number of rotatable bonds is 17. The second kappa shape index (κ2) is 18.3. The predicted molar refractivity (Wildman–Crippen MR) is 172 cm³/mol. The lowest BCUT2D eigenvalue weighted by Gasteiger charge is -2.18. The Morgan fingerprint density at radius 2 is 1.73 bits per heavy atom. The number of carbonyl (C=O) groups excluding carboxylic acids is 2. The van der Waals surface area contributed by atoms with Gasteiger partial charge < -0.3 is 29.7 Å². The second-order valence-corrected chi connectivity index (χ2v) is 9.92. The topological polar surface area (TPSA) is 102 Å². The summed E-state index contributed by atoms with van der Waals surface area (Å²) in [5, 5.41) is 5.60. The minimum absolute atomic E-state index is 0.0579. The lowest BCUT2D eigenvalue weighted by Crippen LogP contribution is -2.35. The van der Waals surface area contributed by atoms with Gasteiger partial charge in [0.05, 0.1) is 19.2 Å². The molecule has 1 heterocycles. The number of fused-ring (bicyclic) bond motifs is 1. The molecule has 0 aliphatic heterocycles. The molecule has 1 aromatic heterocycles. The minimum atomic E-state index is -0.877. The van der Waals surface area contributed by atoms with E-state index in [1.807, 2.05) is 24.3 Å². The van der Waals surface area contributed by atoms with E-state index in [9.17, 15) is 9.59 Å². The number of hydrogen-bond donors (Lipinski definition) is 2. The molecule has 9 nitrogen and oxygen atoms in total. The number of nitrogens with zero attached hydrogens (tertiary/aromatic N) is 2. The fraction of sp³-hybridized carbons (Fsp3) is 0.382. The van der Waals surface area contributed by atoms with Crippen LogP contribution in [-0.4, -0.2) is 61.6 Å². The highest BCUT2D eigenvalue weighted by atomic mass is 19.1. The number of anilines is 1. The maximum atomic E-state index is 15.0. The Bertz CT molecular complexity index is 1440. The van der Waals surface area contributed by atoms with Gasteiger partial charge in [0.2, 0.25) is 0 Å². The van der Waals surface area contributed by atoms with Crippen molar-refractivity contribution in [2.24, 2.45) is 0 Å². The average molecular weight is 607 g/mol. The molecule has 10 heteroatoms. The molecule has 44 heavy (non-hydrogen) atoms. The van der Waals surface area contributed by atoms with Gasteiger partial charge in [0.15, 0.2) is 23.1 Å². The van der Waals surface area contributed by atoms with Gasteiger partial charge in [-0.05, 0) is 63.0 Å². The van der Waals surface area contributed by atoms with Crippen LogP contribution in [0.3, 0.4) is 0 Å². The monoisotopic (exact) mass is 606 g/mol. The third-order valence-electron chi connectivity index (χ3n) is 6.83. The summed E-state index contributed by atoms with van der Waals surface area (Å²) in [4.78, 5) is 31.2. The Hall–Kier alpha value is -4.44. The summed E-state index contributed by atoms with van der Waals surface area (Å²) in [5.41, 5.74) is 0.728. The fourth-order valence-electron chi connectivity index (χ4n) is 4.36. The smallest absolute Gasteiger partial charge is 0.313 e. The van der Waals surface area contributed by atoms with Crippen molar-refractivity contribution in [1.29, 1.82) is 0 Å². The van der Waals surface area contributed by atoms with Gasteiger partial charge in [-0.15, -0.1) is 0 Å². The molecule has 0 atom stereocenters. The van der Waals surface area contributed by atoms with Crippen LogP contribution >= 0.6 is 0 Å². The first-order valence-electron chi connectivity index (χ1n) is 15.1. The third-order valence-corrected chi connectivity index (χ3v) is 6.83. The fourth-order valence-corrected chi connectivity index (χ4v) is 4.36. The van der Waals surface area contributed by atoms with E-state index in [2.05, 4.69) is 41.3 Å². The molecule has 0 spiro atoms. The van der Waals surface area contributed by atoms with E-state index in [1.165, 1.54) is 12.1 Å². The number of allylic oxidation sites excluding steroid dienone is 4. The van der Waals surface area contributed by atoms with Crippen LogP contribution < -0.4 is 24.8 Å². The van der Waals surface area contributed by atoms with E-state index < -0.39 is 17.6 Å². The van der Waals surface area contributed by atoms with Gasteiger partial charge in [0.25, 0.3) is 0 Å². The zero-order valence-electron chi connectivity index (χ0n) is 26.0. The van der Waals surface area contributed by atoms with Crippen molar-refractivity contribution in [1.82, 2.24) is 15.2 Å². The average Bonchev–Trinajstić information content (AvgIpc) is 3.03. The van der Waals surface area contributed by atoms with Crippen molar-refractivity contribution < 1.29 is 28.2 Å². The summed E-state index contributed by atoms with van der Waals surface area (Å²) >= 11 is 0. The zero-order chi connectivity index (χ0) is 31.7. The summed E-state index contributed by atoms with van der Waals surface area (Å²) in [6, 6.07) is 9.11. The highest BCUT2D eigenvalue weighted by molar-refractivity contribution is 6.39. The quantitative estimate of drug-likeness (QED) is 0.101. The summed E-state index contributed by atoms with van der Waals surface area (Å²) < 4.78 is 32.5. The number of pyridine rings is 1. The van der Waals surface area contributed by atoms with Crippen molar-refractivity contribution in [3.8, 4) is 23.0 Å². The number of methoxy groups -OCH3 is 1. The van der Waals surface area contributed by atoms with Crippen molar-refractivity contribution in [3.05, 3.63) is 72.7 Å². The molecule has 0 aliphatic rings. The summed E-state index contributed by atoms with van der Waals surface area (Å²) in [6.45, 7) is 10.1. The number of ether oxygens (including phenoxy) is 3. The maximum Gasteiger partial charge on any atom is 0.313 e. The number of aromatic nitrogens is 1. The molecule has 2 amide bonds. The van der Waals surface area contributed by atoms with Crippen LogP contribution in [0.5, 0.6) is 23.0 Å². The van der Waals surface area contributed by atoms with E-state index in [4.69, 9.17) is 14.2 Å². The first-order chi connectivity index (χ1) is 21.4. The molecular formula is C34H43FN4O5. The minimum Gasteiger partial charge on any atom is -0.493 e. The van der Waals surface area contributed by atoms with E-state index in [0.29, 0.717) is 47.7 Å². The van der Waals surface area contributed by atoms with E-state index >= 15 is 4.39 Å². The van der Waals surface area contributed by atoms with Gasteiger partial charge in [-0.2, -0.15) is 0 Å². The van der Waals surface area contributed by atoms with Gasteiger partial charge in [0, 0.05) is 42.5 Å². The number of unbranched alkanes of at least 4 members (excludes halogenated alkanes) is 1. The van der Waals surface area contributed by atoms with Crippen LogP contribution in [0.2, 0.25) is 0 Å². The van der Waals surface area contributed by atoms with Crippen LogP contribution in [0, 0.1) is 5.82 Å². The Balaban J connectivity index is 1.60. The standard InChI is InChI=1S/C34H43FN4O5/c1-5-8-9-10-11-12-13-18-37-33(40)34(41)38-25-15-16-30(27(35)22-25)44-29-17-19-36-28-24-32(31(42-4)23-26(28)29)43-21-14-20-39(6-2)7-3/h8-11,15-17,19,22-24H,5-7,12-14,18,20-21H2,1-4H3,(H,37,40)(H,38,41)/b9-8-,11-10-. The Kier molecular flexibility index (Phi) is 14.1. The number of amides is 2. The van der Waals surface area contributed by atoms with Crippen LogP contribution in [0.15, 0.2) is 66.9 Å². The Labute approximate surface area is 259 Å². The molecule has 3 aromatic rings. The number of halogens is 1. The number of benzene rings is 2. The van der Waals surface area contributed by atoms with Crippen LogP contribution in [0.4, 0.5) is 10.1 Å². The molecule has 2 N–H and O–H groups in total. The van der Waals surface area contributed by atoms with Crippen molar-refractivity contribution >= 4 is 28.4 Å². The normalized spacial score (nSPS) is 11.4. The van der Waals surface area contributed by atoms with Gasteiger partial charge in [-0.1, -0.05) is 45.1 Å². The van der Waals surface area contributed by atoms with Crippen molar-refractivity contribution in [2.45, 2.75) is 46.5 Å². The molecule has 0 fully saturated rings. The van der Waals surface area contributed by atoms with Crippen LogP contribution in [0.1, 0.15) is 46.5 Å². The van der Waals surface area contributed by atoms with Crippen molar-refractivity contribution in [2.75, 3.05) is 45.2 Å². The number of hydrogen-bond acceptors (Lipinski definition) is 7. The van der Waals surface area contributed by atoms with Gasteiger partial charge in [-0.3, -0.25) is 14.6 Å². The van der Waals surface area contributed by atoms with Gasteiger partial charge >= 0.3 is 11.8 Å². The van der Waals surface area contributed by atoms with E-state index in [0.717, 1.165) is 45.0 Å². The molecule has 0 saturated carbocycles. The summed E-state index contributed by atoms with van der Waals surface area (Å²) in [5.74, 6) is -0.989. The lowest BCUT2D eigenvalue weighted by molar-refractivity contribution is -0.136. The Morgan fingerprint density at radius 1 is 0.932 bits per heavy atom. The summed E-state index contributed by atoms with van der Waals surface area (Å²) in [7, 11) is 1.55. The third kappa shape index (κ3) is 10.4. The Morgan fingerprint density at radius 3 is 2.45 bits per heavy atom. The molecule has 0 aliphatic carbocycles. The molecule has 2 aromatic carbocycles. The molecule has 0 bridgehead atoms. The number of carbonyl (C=O) groups is 2. The molecule has 0 saturated heterocycles. The first kappa shape index (κ1) is 34.1. The summed E-state index contributed by atoms with van der Waals surface area (Å²) in [6.07, 6.45) is 12.8. The number of nitrogens with one attached hydrogen (secondary N) is 2. The first-order valence-corrected chi connectivity index (χ1v) is 15.1. The lowest BCUT2D eigenvalue weighted by atomic mass is 10.1. The predicted octanol–water partition coefficient (Wildman–Crippen LogP) is 6.64. The SMILES string of the molecule is CC/C=C\C=C/CCCNC(=O)C(=O)Nc1ccc(Oc2ccnc3cc(OCCCN(CC)CC)c(OC)cc23)c(F)c1. The van der Waals surface area contributed by atoms with E-state index in [-0.39, 0.29) is 11.4 Å². The highest BCUT2D eigenvalue weighted by Gasteiger charge is 2.16. The van der Waals surface area contributed by atoms with E-state index in [1.54, 1.807) is 31.5 Å². The van der Waals surface area contributed by atoms with Crippen LogP contribution in [0.25, 0.3) is 10.9 Å². The van der Waals surface area contributed by atoms with Crippen LogP contribution in [-0.2, 0) is 9.59 Å². The molecule has 236 valence electrons. The molecule has 0 unspecified atom stereocenters. The maximum absolute atomic E-state index is 15.0. The molecular weight excluding hydrogens is 563 g/mol. The largest absolute Gasteiger partial charge is 0.493 e.